The lowest BCUT2D eigenvalue weighted by molar-refractivity contribution is 0.0945. The molecule has 2 aromatic carbocycles. The number of hydrogen-bond donors (Lipinski definition) is 2. The Kier molecular flexibility index (Phi) is 4.21. The molecule has 4 rings (SSSR count). The van der Waals surface area contributed by atoms with Gasteiger partial charge in [-0.15, -0.1) is 0 Å². The zero-order valence-electron chi connectivity index (χ0n) is 14.9. The van der Waals surface area contributed by atoms with Crippen LogP contribution in [0.4, 0.5) is 0 Å². The predicted molar refractivity (Wildman–Crippen MR) is 100 cm³/mol. The van der Waals surface area contributed by atoms with Crippen molar-refractivity contribution in [3.05, 3.63) is 70.4 Å². The third kappa shape index (κ3) is 2.96. The van der Waals surface area contributed by atoms with Crippen LogP contribution in [0.2, 0.25) is 0 Å². The van der Waals surface area contributed by atoms with Gasteiger partial charge in [0.15, 0.2) is 0 Å². The van der Waals surface area contributed by atoms with Gasteiger partial charge in [-0.25, -0.2) is 0 Å². The lowest BCUT2D eigenvalue weighted by Crippen LogP contribution is -2.24. The fourth-order valence-corrected chi connectivity index (χ4v) is 3.39. The first-order valence-corrected chi connectivity index (χ1v) is 8.74. The van der Waals surface area contributed by atoms with Gasteiger partial charge in [-0.2, -0.15) is 5.10 Å². The molecule has 2 N–H and O–H groups in total. The minimum Gasteiger partial charge on any atom is -0.497 e. The van der Waals surface area contributed by atoms with Gasteiger partial charge < -0.3 is 10.1 Å². The summed E-state index contributed by atoms with van der Waals surface area (Å²) in [4.78, 5) is 12.6. The molecule has 1 aliphatic rings. The fraction of sp³-hybridized carbons (Fsp3) is 0.238. The van der Waals surface area contributed by atoms with Crippen LogP contribution in [0.15, 0.2) is 42.5 Å². The standard InChI is InChI=1S/C21H21N3O2/c1-13-3-5-14(6-4-13)12-22-21(25)20-18-9-7-15-11-16(26-2)8-10-17(15)19(18)23-24-20/h3-6,8,10-11H,7,9,12H2,1-2H3,(H,22,25)(H,23,24). The molecule has 26 heavy (non-hydrogen) atoms. The number of nitrogens with one attached hydrogen (secondary N) is 2. The molecule has 0 aliphatic heterocycles. The van der Waals surface area contributed by atoms with Crippen LogP contribution >= 0.6 is 0 Å². The molecule has 0 spiro atoms. The van der Waals surface area contributed by atoms with Gasteiger partial charge in [-0.3, -0.25) is 9.89 Å². The maximum absolute atomic E-state index is 12.6. The zero-order chi connectivity index (χ0) is 18.1. The number of aryl methyl sites for hydroxylation is 2. The van der Waals surface area contributed by atoms with E-state index in [-0.39, 0.29) is 5.91 Å². The van der Waals surface area contributed by atoms with Crippen LogP contribution in [0.25, 0.3) is 11.3 Å². The summed E-state index contributed by atoms with van der Waals surface area (Å²) in [6.07, 6.45) is 1.66. The summed E-state index contributed by atoms with van der Waals surface area (Å²) in [5, 5.41) is 10.3. The van der Waals surface area contributed by atoms with Crippen LogP contribution in [0.5, 0.6) is 5.75 Å². The molecule has 0 atom stereocenters. The smallest absolute Gasteiger partial charge is 0.269 e. The Hall–Kier alpha value is -3.08. The van der Waals surface area contributed by atoms with Crippen LogP contribution in [-0.4, -0.2) is 23.2 Å². The van der Waals surface area contributed by atoms with E-state index in [0.717, 1.165) is 41.0 Å². The van der Waals surface area contributed by atoms with Crippen molar-refractivity contribution in [3.63, 3.8) is 0 Å². The van der Waals surface area contributed by atoms with E-state index in [9.17, 15) is 4.79 Å². The molecule has 0 saturated heterocycles. The minimum absolute atomic E-state index is 0.115. The van der Waals surface area contributed by atoms with E-state index in [0.29, 0.717) is 12.2 Å². The van der Waals surface area contributed by atoms with E-state index in [1.807, 2.05) is 49.4 Å². The van der Waals surface area contributed by atoms with E-state index in [1.54, 1.807) is 7.11 Å². The van der Waals surface area contributed by atoms with Gasteiger partial charge in [0, 0.05) is 17.7 Å². The summed E-state index contributed by atoms with van der Waals surface area (Å²) in [5.74, 6) is 0.732. The van der Waals surface area contributed by atoms with Crippen LogP contribution in [0, 0.1) is 6.92 Å². The number of H-pyrrole nitrogens is 1. The van der Waals surface area contributed by atoms with Crippen molar-refractivity contribution in [2.75, 3.05) is 7.11 Å². The summed E-state index contributed by atoms with van der Waals surface area (Å²) in [6, 6.07) is 14.1. The molecular weight excluding hydrogens is 326 g/mol. The largest absolute Gasteiger partial charge is 0.497 e. The molecule has 0 bridgehead atoms. The molecule has 1 amide bonds. The van der Waals surface area contributed by atoms with Gasteiger partial charge in [0.2, 0.25) is 0 Å². The van der Waals surface area contributed by atoms with Crippen LogP contribution in [0.3, 0.4) is 0 Å². The third-order valence-corrected chi connectivity index (χ3v) is 4.88. The van der Waals surface area contributed by atoms with Gasteiger partial charge >= 0.3 is 0 Å². The third-order valence-electron chi connectivity index (χ3n) is 4.88. The number of ether oxygens (including phenoxy) is 1. The van der Waals surface area contributed by atoms with E-state index in [2.05, 4.69) is 15.5 Å². The number of amides is 1. The Balaban J connectivity index is 1.55. The molecule has 1 aliphatic carbocycles. The van der Waals surface area contributed by atoms with Crippen molar-refractivity contribution in [1.82, 2.24) is 15.5 Å². The molecule has 0 saturated carbocycles. The van der Waals surface area contributed by atoms with Crippen LogP contribution in [-0.2, 0) is 19.4 Å². The number of methoxy groups -OCH3 is 1. The van der Waals surface area contributed by atoms with Crippen LogP contribution < -0.4 is 10.1 Å². The minimum atomic E-state index is -0.115. The Morgan fingerprint density at radius 3 is 2.77 bits per heavy atom. The first kappa shape index (κ1) is 16.4. The van der Waals surface area contributed by atoms with Gasteiger partial charge in [0.1, 0.15) is 11.4 Å². The SMILES string of the molecule is COc1ccc2c(c1)CCc1c-2n[nH]c1C(=O)NCc1ccc(C)cc1. The van der Waals surface area contributed by atoms with E-state index in [4.69, 9.17) is 4.74 Å². The number of carbonyl (C=O) groups is 1. The quantitative estimate of drug-likeness (QED) is 0.760. The lowest BCUT2D eigenvalue weighted by atomic mass is 9.89. The molecular formula is C21H21N3O2. The van der Waals surface area contributed by atoms with Crippen molar-refractivity contribution in [2.45, 2.75) is 26.3 Å². The number of carbonyl (C=O) groups excluding carboxylic acids is 1. The first-order chi connectivity index (χ1) is 12.7. The number of fused-ring (bicyclic) bond motifs is 3. The number of nitrogens with zero attached hydrogens (tertiary/aromatic N) is 1. The van der Waals surface area contributed by atoms with Crippen molar-refractivity contribution in [1.29, 1.82) is 0 Å². The molecule has 0 unspecified atom stereocenters. The Morgan fingerprint density at radius 2 is 2.00 bits per heavy atom. The summed E-state index contributed by atoms with van der Waals surface area (Å²) < 4.78 is 5.30. The van der Waals surface area contributed by atoms with Gasteiger partial charge in [-0.05, 0) is 49.1 Å². The average molecular weight is 347 g/mol. The lowest BCUT2D eigenvalue weighted by Gasteiger charge is -2.17. The highest BCUT2D eigenvalue weighted by atomic mass is 16.5. The molecule has 5 heteroatoms. The van der Waals surface area contributed by atoms with Gasteiger partial charge in [0.25, 0.3) is 5.91 Å². The second-order valence-electron chi connectivity index (χ2n) is 6.62. The number of benzene rings is 2. The topological polar surface area (TPSA) is 67.0 Å². The summed E-state index contributed by atoms with van der Waals surface area (Å²) >= 11 is 0. The predicted octanol–water partition coefficient (Wildman–Crippen LogP) is 3.42. The molecule has 5 nitrogen and oxygen atoms in total. The van der Waals surface area contributed by atoms with Crippen LogP contribution in [0.1, 0.15) is 32.7 Å². The van der Waals surface area contributed by atoms with E-state index >= 15 is 0 Å². The highest BCUT2D eigenvalue weighted by molar-refractivity contribution is 5.96. The number of aromatic amines is 1. The second kappa shape index (κ2) is 6.67. The molecule has 0 fully saturated rings. The molecule has 3 aromatic rings. The van der Waals surface area contributed by atoms with Crippen molar-refractivity contribution >= 4 is 5.91 Å². The second-order valence-corrected chi connectivity index (χ2v) is 6.62. The highest BCUT2D eigenvalue weighted by Gasteiger charge is 2.25. The monoisotopic (exact) mass is 347 g/mol. The summed E-state index contributed by atoms with van der Waals surface area (Å²) in [6.45, 7) is 2.55. The molecule has 0 radical (unpaired) electrons. The maximum atomic E-state index is 12.6. The van der Waals surface area contributed by atoms with E-state index < -0.39 is 0 Å². The summed E-state index contributed by atoms with van der Waals surface area (Å²) in [7, 11) is 1.67. The van der Waals surface area contributed by atoms with Gasteiger partial charge in [0.05, 0.1) is 12.8 Å². The number of rotatable bonds is 4. The van der Waals surface area contributed by atoms with Gasteiger partial charge in [-0.1, -0.05) is 29.8 Å². The van der Waals surface area contributed by atoms with Crippen molar-refractivity contribution in [2.24, 2.45) is 0 Å². The normalized spacial score (nSPS) is 12.2. The number of aromatic nitrogens is 2. The molecule has 132 valence electrons. The Labute approximate surface area is 152 Å². The molecule has 1 aromatic heterocycles. The van der Waals surface area contributed by atoms with Crippen molar-refractivity contribution < 1.29 is 9.53 Å². The summed E-state index contributed by atoms with van der Waals surface area (Å²) in [5.41, 5.74) is 6.98. The van der Waals surface area contributed by atoms with E-state index in [1.165, 1.54) is 11.1 Å². The first-order valence-electron chi connectivity index (χ1n) is 8.74. The van der Waals surface area contributed by atoms with Crippen molar-refractivity contribution in [3.8, 4) is 17.0 Å². The Bertz CT molecular complexity index is 958. The number of hydrogen-bond acceptors (Lipinski definition) is 3. The average Bonchev–Trinajstić information content (AvgIpc) is 3.11. The fourth-order valence-electron chi connectivity index (χ4n) is 3.39. The molecule has 1 heterocycles. The Morgan fingerprint density at radius 1 is 1.19 bits per heavy atom. The zero-order valence-corrected chi connectivity index (χ0v) is 14.9. The highest BCUT2D eigenvalue weighted by Crippen LogP contribution is 2.35. The maximum Gasteiger partial charge on any atom is 0.269 e.